The number of piperidine rings is 1. The quantitative estimate of drug-likeness (QED) is 0.358. The second-order valence-electron chi connectivity index (χ2n) is 7.75. The van der Waals surface area contributed by atoms with Crippen LogP contribution >= 0.6 is 0 Å². The lowest BCUT2D eigenvalue weighted by atomic mass is 9.97. The zero-order chi connectivity index (χ0) is 21.3. The van der Waals surface area contributed by atoms with Gasteiger partial charge in [0.2, 0.25) is 17.6 Å². The first kappa shape index (κ1) is 21.9. The van der Waals surface area contributed by atoms with E-state index in [1.54, 1.807) is 12.1 Å². The van der Waals surface area contributed by atoms with Crippen molar-refractivity contribution in [3.8, 4) is 11.4 Å². The highest BCUT2D eigenvalue weighted by Gasteiger charge is 2.26. The molecule has 1 fully saturated rings. The van der Waals surface area contributed by atoms with E-state index in [2.05, 4.69) is 27.3 Å². The van der Waals surface area contributed by atoms with Crippen molar-refractivity contribution in [1.82, 2.24) is 20.4 Å². The summed E-state index contributed by atoms with van der Waals surface area (Å²) in [5, 5.41) is 18.0. The van der Waals surface area contributed by atoms with Gasteiger partial charge in [0.15, 0.2) is 0 Å². The molecular formula is C21H29N5O4. The number of nitrogens with one attached hydrogen (secondary N) is 1. The van der Waals surface area contributed by atoms with E-state index in [1.807, 2.05) is 0 Å². The van der Waals surface area contributed by atoms with E-state index in [4.69, 9.17) is 4.52 Å². The lowest BCUT2D eigenvalue weighted by molar-refractivity contribution is -0.384. The molecule has 1 unspecified atom stereocenters. The number of hydrogen-bond acceptors (Lipinski definition) is 7. The second-order valence-corrected chi connectivity index (χ2v) is 7.75. The van der Waals surface area contributed by atoms with Gasteiger partial charge in [-0.25, -0.2) is 0 Å². The second kappa shape index (κ2) is 10.8. The van der Waals surface area contributed by atoms with E-state index in [0.29, 0.717) is 30.4 Å². The smallest absolute Gasteiger partial charge is 0.270 e. The van der Waals surface area contributed by atoms with Gasteiger partial charge in [-0.2, -0.15) is 4.98 Å². The molecule has 1 aliphatic heterocycles. The zero-order valence-corrected chi connectivity index (χ0v) is 17.4. The number of nitro benzene ring substituents is 1. The standard InChI is InChI=1S/C21H29N5O4/c1-2-3-4-5-11-22-21(27)17-9-7-12-25(14-17)15-19-23-20(24-30-19)16-8-6-10-18(13-16)26(28)29/h6,8,10,13,17H,2-5,7,9,11-12,14-15H2,1H3,(H,22,27). The molecule has 1 atom stereocenters. The van der Waals surface area contributed by atoms with E-state index in [1.165, 1.54) is 25.0 Å². The number of rotatable bonds is 10. The van der Waals surface area contributed by atoms with Crippen molar-refractivity contribution >= 4 is 11.6 Å². The van der Waals surface area contributed by atoms with Gasteiger partial charge >= 0.3 is 0 Å². The SMILES string of the molecule is CCCCCCNC(=O)C1CCCN(Cc2nc(-c3cccc([N+](=O)[O-])c3)no2)C1. The van der Waals surface area contributed by atoms with Crippen molar-refractivity contribution in [3.05, 3.63) is 40.3 Å². The maximum Gasteiger partial charge on any atom is 0.270 e. The number of aromatic nitrogens is 2. The average Bonchev–Trinajstić information content (AvgIpc) is 3.22. The lowest BCUT2D eigenvalue weighted by Gasteiger charge is -2.30. The number of amides is 1. The van der Waals surface area contributed by atoms with Crippen molar-refractivity contribution in [3.63, 3.8) is 0 Å². The van der Waals surface area contributed by atoms with Gasteiger partial charge in [-0.1, -0.05) is 43.5 Å². The van der Waals surface area contributed by atoms with Crippen LogP contribution < -0.4 is 5.32 Å². The number of hydrogen-bond donors (Lipinski definition) is 1. The third-order valence-electron chi connectivity index (χ3n) is 5.35. The summed E-state index contributed by atoms with van der Waals surface area (Å²) < 4.78 is 5.35. The molecule has 9 nitrogen and oxygen atoms in total. The molecule has 0 aliphatic carbocycles. The highest BCUT2D eigenvalue weighted by Crippen LogP contribution is 2.23. The van der Waals surface area contributed by atoms with Gasteiger partial charge in [0.05, 0.1) is 17.4 Å². The summed E-state index contributed by atoms with van der Waals surface area (Å²) in [7, 11) is 0. The molecule has 0 radical (unpaired) electrons. The Morgan fingerprint density at radius 3 is 3.03 bits per heavy atom. The number of likely N-dealkylation sites (tertiary alicyclic amines) is 1. The summed E-state index contributed by atoms with van der Waals surface area (Å²) in [6, 6.07) is 6.16. The number of carbonyl (C=O) groups excluding carboxylic acids is 1. The summed E-state index contributed by atoms with van der Waals surface area (Å²) >= 11 is 0. The van der Waals surface area contributed by atoms with Gasteiger partial charge in [-0.15, -0.1) is 0 Å². The minimum absolute atomic E-state index is 0.0153. The number of nitrogens with zero attached hydrogens (tertiary/aromatic N) is 4. The molecule has 1 amide bonds. The normalized spacial score (nSPS) is 17.0. The molecular weight excluding hydrogens is 386 g/mol. The molecule has 1 saturated heterocycles. The number of nitro groups is 1. The maximum atomic E-state index is 12.5. The number of carbonyl (C=O) groups is 1. The fourth-order valence-electron chi connectivity index (χ4n) is 3.71. The molecule has 1 aliphatic rings. The Hall–Kier alpha value is -2.81. The van der Waals surface area contributed by atoms with E-state index < -0.39 is 4.92 Å². The predicted molar refractivity (Wildman–Crippen MR) is 112 cm³/mol. The largest absolute Gasteiger partial charge is 0.356 e. The molecule has 0 saturated carbocycles. The Morgan fingerprint density at radius 1 is 1.37 bits per heavy atom. The summed E-state index contributed by atoms with van der Waals surface area (Å²) in [4.78, 5) is 29.5. The van der Waals surface area contributed by atoms with Gasteiger partial charge < -0.3 is 9.84 Å². The molecule has 9 heteroatoms. The van der Waals surface area contributed by atoms with Crippen LogP contribution in [0.15, 0.2) is 28.8 Å². The molecule has 2 aromatic rings. The molecule has 1 N–H and O–H groups in total. The van der Waals surface area contributed by atoms with Crippen molar-refractivity contribution in [2.24, 2.45) is 5.92 Å². The van der Waals surface area contributed by atoms with Gasteiger partial charge in [-0.3, -0.25) is 19.8 Å². The number of benzene rings is 1. The van der Waals surface area contributed by atoms with E-state index >= 15 is 0 Å². The molecule has 0 spiro atoms. The average molecular weight is 415 g/mol. The van der Waals surface area contributed by atoms with Crippen LogP contribution in [0.2, 0.25) is 0 Å². The Balaban J connectivity index is 1.52. The minimum Gasteiger partial charge on any atom is -0.356 e. The van der Waals surface area contributed by atoms with Crippen molar-refractivity contribution < 1.29 is 14.2 Å². The van der Waals surface area contributed by atoms with Gasteiger partial charge in [0.25, 0.3) is 5.69 Å². The van der Waals surface area contributed by atoms with Gasteiger partial charge in [0.1, 0.15) is 0 Å². The molecule has 0 bridgehead atoms. The summed E-state index contributed by atoms with van der Waals surface area (Å²) in [6.07, 6.45) is 6.40. The first-order valence-corrected chi connectivity index (χ1v) is 10.6. The third kappa shape index (κ3) is 6.09. The van der Waals surface area contributed by atoms with Gasteiger partial charge in [-0.05, 0) is 25.8 Å². The first-order valence-electron chi connectivity index (χ1n) is 10.6. The molecule has 1 aromatic carbocycles. The zero-order valence-electron chi connectivity index (χ0n) is 17.4. The van der Waals surface area contributed by atoms with Crippen LogP contribution in [0.4, 0.5) is 5.69 Å². The van der Waals surface area contributed by atoms with Crippen molar-refractivity contribution in [1.29, 1.82) is 0 Å². The van der Waals surface area contributed by atoms with Crippen molar-refractivity contribution in [2.45, 2.75) is 52.0 Å². The Morgan fingerprint density at radius 2 is 2.23 bits per heavy atom. The van der Waals surface area contributed by atoms with Crippen LogP contribution in [0.1, 0.15) is 51.3 Å². The Kier molecular flexibility index (Phi) is 7.89. The third-order valence-corrected chi connectivity index (χ3v) is 5.35. The fourth-order valence-corrected chi connectivity index (χ4v) is 3.71. The Labute approximate surface area is 176 Å². The van der Waals surface area contributed by atoms with Crippen LogP contribution in [-0.2, 0) is 11.3 Å². The molecule has 2 heterocycles. The van der Waals surface area contributed by atoms with E-state index in [-0.39, 0.29) is 17.5 Å². The fraction of sp³-hybridized carbons (Fsp3) is 0.571. The Bertz CT molecular complexity index is 853. The van der Waals surface area contributed by atoms with Crippen LogP contribution in [0.3, 0.4) is 0 Å². The maximum absolute atomic E-state index is 12.5. The topological polar surface area (TPSA) is 114 Å². The van der Waals surface area contributed by atoms with E-state index in [9.17, 15) is 14.9 Å². The summed E-state index contributed by atoms with van der Waals surface area (Å²) in [5.74, 6) is 0.868. The minimum atomic E-state index is -0.451. The highest BCUT2D eigenvalue weighted by molar-refractivity contribution is 5.78. The molecule has 3 rings (SSSR count). The first-order chi connectivity index (χ1) is 14.6. The predicted octanol–water partition coefficient (Wildman–Crippen LogP) is 3.55. The monoisotopic (exact) mass is 415 g/mol. The van der Waals surface area contributed by atoms with Crippen LogP contribution in [0.25, 0.3) is 11.4 Å². The van der Waals surface area contributed by atoms with E-state index in [0.717, 1.165) is 38.8 Å². The highest BCUT2D eigenvalue weighted by atomic mass is 16.6. The van der Waals surface area contributed by atoms with Crippen LogP contribution in [0.5, 0.6) is 0 Å². The lowest BCUT2D eigenvalue weighted by Crippen LogP contribution is -2.42. The van der Waals surface area contributed by atoms with Gasteiger partial charge in [0, 0.05) is 30.8 Å². The molecule has 162 valence electrons. The molecule has 1 aromatic heterocycles. The summed E-state index contributed by atoms with van der Waals surface area (Å²) in [5.41, 5.74) is 0.525. The summed E-state index contributed by atoms with van der Waals surface area (Å²) in [6.45, 7) is 4.91. The number of non-ortho nitro benzene ring substituents is 1. The van der Waals surface area contributed by atoms with Crippen LogP contribution in [0, 0.1) is 16.0 Å². The van der Waals surface area contributed by atoms with Crippen LogP contribution in [-0.4, -0.2) is 45.5 Å². The van der Waals surface area contributed by atoms with Crippen molar-refractivity contribution in [2.75, 3.05) is 19.6 Å². The number of unbranched alkanes of at least 4 members (excludes halogenated alkanes) is 3. The molecule has 30 heavy (non-hydrogen) atoms.